The Morgan fingerprint density at radius 3 is 2.67 bits per heavy atom. The lowest BCUT2D eigenvalue weighted by Gasteiger charge is -2.12. The number of fused-ring (bicyclic) bond motifs is 1. The van der Waals surface area contributed by atoms with Crippen molar-refractivity contribution in [2.45, 2.75) is 13.2 Å². The highest BCUT2D eigenvalue weighted by atomic mass is 16.5. The van der Waals surface area contributed by atoms with Crippen molar-refractivity contribution in [3.8, 4) is 0 Å². The molecule has 0 aliphatic carbocycles. The molecule has 0 atom stereocenters. The second kappa shape index (κ2) is 6.37. The Kier molecular flexibility index (Phi) is 4.12. The summed E-state index contributed by atoms with van der Waals surface area (Å²) in [5.41, 5.74) is 4.58. The molecule has 0 fully saturated rings. The third kappa shape index (κ3) is 3.03. The van der Waals surface area contributed by atoms with Crippen molar-refractivity contribution in [3.63, 3.8) is 0 Å². The smallest absolute Gasteiger partial charge is 0.0722 e. The van der Waals surface area contributed by atoms with Gasteiger partial charge < -0.3 is 10.1 Å². The summed E-state index contributed by atoms with van der Waals surface area (Å²) in [5, 5.41) is 4.65. The molecule has 0 amide bonds. The SMILES string of the molecule is COCc1ccccc1CNc1cccc2ncccc12. The maximum absolute atomic E-state index is 5.25. The predicted molar refractivity (Wildman–Crippen MR) is 86.2 cm³/mol. The first-order chi connectivity index (χ1) is 10.4. The highest BCUT2D eigenvalue weighted by Gasteiger charge is 2.04. The summed E-state index contributed by atoms with van der Waals surface area (Å²) in [6.45, 7) is 1.41. The monoisotopic (exact) mass is 278 g/mol. The van der Waals surface area contributed by atoms with Crippen LogP contribution in [0.15, 0.2) is 60.8 Å². The van der Waals surface area contributed by atoms with Gasteiger partial charge >= 0.3 is 0 Å². The van der Waals surface area contributed by atoms with Gasteiger partial charge in [-0.2, -0.15) is 0 Å². The highest BCUT2D eigenvalue weighted by Crippen LogP contribution is 2.22. The first-order valence-electron chi connectivity index (χ1n) is 7.02. The van der Waals surface area contributed by atoms with E-state index < -0.39 is 0 Å². The number of benzene rings is 2. The second-order valence-corrected chi connectivity index (χ2v) is 4.93. The summed E-state index contributed by atoms with van der Waals surface area (Å²) in [5.74, 6) is 0. The molecule has 0 saturated carbocycles. The number of hydrogen-bond donors (Lipinski definition) is 1. The van der Waals surface area contributed by atoms with E-state index in [-0.39, 0.29) is 0 Å². The van der Waals surface area contributed by atoms with Gasteiger partial charge in [0.05, 0.1) is 12.1 Å². The first-order valence-corrected chi connectivity index (χ1v) is 7.02. The van der Waals surface area contributed by atoms with Crippen LogP contribution in [0.2, 0.25) is 0 Å². The average molecular weight is 278 g/mol. The zero-order valence-corrected chi connectivity index (χ0v) is 12.0. The largest absolute Gasteiger partial charge is 0.380 e. The van der Waals surface area contributed by atoms with Crippen LogP contribution in [0.5, 0.6) is 0 Å². The highest BCUT2D eigenvalue weighted by molar-refractivity contribution is 5.91. The van der Waals surface area contributed by atoms with E-state index in [9.17, 15) is 0 Å². The molecule has 0 aliphatic heterocycles. The number of methoxy groups -OCH3 is 1. The molecule has 3 nitrogen and oxygen atoms in total. The van der Waals surface area contributed by atoms with Crippen molar-refractivity contribution in [2.24, 2.45) is 0 Å². The summed E-state index contributed by atoms with van der Waals surface area (Å²) < 4.78 is 5.25. The number of ether oxygens (including phenoxy) is 1. The van der Waals surface area contributed by atoms with Crippen molar-refractivity contribution in [3.05, 3.63) is 71.9 Å². The summed E-state index contributed by atoms with van der Waals surface area (Å²) in [7, 11) is 1.72. The molecule has 1 aromatic heterocycles. The Balaban J connectivity index is 1.84. The van der Waals surface area contributed by atoms with Gasteiger partial charge in [0.1, 0.15) is 0 Å². The van der Waals surface area contributed by atoms with Crippen molar-refractivity contribution >= 4 is 16.6 Å². The molecule has 2 aromatic carbocycles. The minimum absolute atomic E-state index is 0.634. The lowest BCUT2D eigenvalue weighted by Crippen LogP contribution is -2.04. The summed E-state index contributed by atoms with van der Waals surface area (Å²) >= 11 is 0. The van der Waals surface area contributed by atoms with Crippen LogP contribution in [0.4, 0.5) is 5.69 Å². The molecular formula is C18H18N2O. The van der Waals surface area contributed by atoms with Gasteiger partial charge in [-0.25, -0.2) is 0 Å². The Morgan fingerprint density at radius 1 is 0.952 bits per heavy atom. The van der Waals surface area contributed by atoms with E-state index in [2.05, 4.69) is 40.6 Å². The van der Waals surface area contributed by atoms with Gasteiger partial charge in [-0.15, -0.1) is 0 Å². The summed E-state index contributed by atoms with van der Waals surface area (Å²) in [6.07, 6.45) is 1.82. The van der Waals surface area contributed by atoms with E-state index in [1.165, 1.54) is 11.1 Å². The van der Waals surface area contributed by atoms with E-state index in [4.69, 9.17) is 4.74 Å². The van der Waals surface area contributed by atoms with Crippen LogP contribution in [0.1, 0.15) is 11.1 Å². The van der Waals surface area contributed by atoms with Crippen LogP contribution in [0, 0.1) is 0 Å². The molecule has 0 radical (unpaired) electrons. The minimum Gasteiger partial charge on any atom is -0.380 e. The number of hydrogen-bond acceptors (Lipinski definition) is 3. The normalized spacial score (nSPS) is 10.7. The van der Waals surface area contributed by atoms with E-state index in [1.807, 2.05) is 30.5 Å². The van der Waals surface area contributed by atoms with Gasteiger partial charge in [0.2, 0.25) is 0 Å². The molecule has 0 unspecified atom stereocenters. The van der Waals surface area contributed by atoms with Gasteiger partial charge in [-0.05, 0) is 35.4 Å². The van der Waals surface area contributed by atoms with Crippen LogP contribution < -0.4 is 5.32 Å². The quantitative estimate of drug-likeness (QED) is 0.766. The van der Waals surface area contributed by atoms with Crippen LogP contribution in [0.3, 0.4) is 0 Å². The van der Waals surface area contributed by atoms with Gasteiger partial charge in [0.15, 0.2) is 0 Å². The molecule has 1 heterocycles. The van der Waals surface area contributed by atoms with Gasteiger partial charge in [-0.3, -0.25) is 4.98 Å². The number of rotatable bonds is 5. The molecule has 3 rings (SSSR count). The zero-order valence-electron chi connectivity index (χ0n) is 12.0. The van der Waals surface area contributed by atoms with Crippen LogP contribution in [0.25, 0.3) is 10.9 Å². The Hall–Kier alpha value is -2.39. The predicted octanol–water partition coefficient (Wildman–Crippen LogP) is 3.99. The molecule has 106 valence electrons. The summed E-state index contributed by atoms with van der Waals surface area (Å²) in [4.78, 5) is 4.38. The summed E-state index contributed by atoms with van der Waals surface area (Å²) in [6, 6.07) is 18.5. The lowest BCUT2D eigenvalue weighted by molar-refractivity contribution is 0.184. The van der Waals surface area contributed by atoms with Crippen molar-refractivity contribution < 1.29 is 4.74 Å². The minimum atomic E-state index is 0.634. The van der Waals surface area contributed by atoms with Crippen molar-refractivity contribution in [1.82, 2.24) is 4.98 Å². The molecule has 1 N–H and O–H groups in total. The fraction of sp³-hybridized carbons (Fsp3) is 0.167. The third-order valence-electron chi connectivity index (χ3n) is 3.53. The number of pyridine rings is 1. The second-order valence-electron chi connectivity index (χ2n) is 4.93. The molecule has 3 heteroatoms. The van der Waals surface area contributed by atoms with Gasteiger partial charge in [0, 0.05) is 30.9 Å². The maximum Gasteiger partial charge on any atom is 0.0722 e. The van der Waals surface area contributed by atoms with E-state index in [0.29, 0.717) is 6.61 Å². The molecular weight excluding hydrogens is 260 g/mol. The molecule has 0 aliphatic rings. The number of anilines is 1. The zero-order chi connectivity index (χ0) is 14.5. The fourth-order valence-corrected chi connectivity index (χ4v) is 2.47. The Bertz CT molecular complexity index is 735. The number of nitrogens with zero attached hydrogens (tertiary/aromatic N) is 1. The van der Waals surface area contributed by atoms with Crippen molar-refractivity contribution in [1.29, 1.82) is 0 Å². The first kappa shape index (κ1) is 13.6. The Morgan fingerprint density at radius 2 is 1.81 bits per heavy atom. The number of nitrogens with one attached hydrogen (secondary N) is 1. The lowest BCUT2D eigenvalue weighted by atomic mass is 10.1. The van der Waals surface area contributed by atoms with E-state index in [0.717, 1.165) is 23.1 Å². The molecule has 0 saturated heterocycles. The van der Waals surface area contributed by atoms with E-state index >= 15 is 0 Å². The molecule has 21 heavy (non-hydrogen) atoms. The third-order valence-corrected chi connectivity index (χ3v) is 3.53. The molecule has 0 bridgehead atoms. The molecule has 0 spiro atoms. The Labute approximate surface area is 124 Å². The van der Waals surface area contributed by atoms with Crippen LogP contribution in [-0.4, -0.2) is 12.1 Å². The van der Waals surface area contributed by atoms with E-state index in [1.54, 1.807) is 7.11 Å². The maximum atomic E-state index is 5.25. The number of aromatic nitrogens is 1. The van der Waals surface area contributed by atoms with Gasteiger partial charge in [0.25, 0.3) is 0 Å². The fourth-order valence-electron chi connectivity index (χ4n) is 2.47. The molecule has 3 aromatic rings. The van der Waals surface area contributed by atoms with Gasteiger partial charge in [-0.1, -0.05) is 30.3 Å². The van der Waals surface area contributed by atoms with Crippen LogP contribution in [-0.2, 0) is 17.9 Å². The standard InChI is InChI=1S/C18H18N2O/c1-21-13-15-7-3-2-6-14(15)12-20-18-10-4-9-17-16(18)8-5-11-19-17/h2-11,20H,12-13H2,1H3. The average Bonchev–Trinajstić information content (AvgIpc) is 2.54. The van der Waals surface area contributed by atoms with Crippen molar-refractivity contribution in [2.75, 3.05) is 12.4 Å². The van der Waals surface area contributed by atoms with Crippen LogP contribution >= 0.6 is 0 Å². The topological polar surface area (TPSA) is 34.1 Å².